The predicted octanol–water partition coefficient (Wildman–Crippen LogP) is 1.75. The zero-order valence-corrected chi connectivity index (χ0v) is 13.1. The lowest BCUT2D eigenvalue weighted by Gasteiger charge is -2.27. The number of hydrogen-bond acceptors (Lipinski definition) is 4. The quantitative estimate of drug-likeness (QED) is 0.803. The highest BCUT2D eigenvalue weighted by molar-refractivity contribution is 7.91. The van der Waals surface area contributed by atoms with Crippen LogP contribution in [0, 0.1) is 0 Å². The van der Waals surface area contributed by atoms with Crippen LogP contribution in [0.5, 0.6) is 0 Å². The molecule has 0 radical (unpaired) electrons. The Bertz CT molecular complexity index is 374. The molecular formula is C13H27NO3S. The van der Waals surface area contributed by atoms with Gasteiger partial charge in [0, 0.05) is 18.3 Å². The molecule has 0 bridgehead atoms. The second-order valence-electron chi connectivity index (χ2n) is 6.33. The van der Waals surface area contributed by atoms with Crippen LogP contribution in [0.1, 0.15) is 47.5 Å². The summed E-state index contributed by atoms with van der Waals surface area (Å²) in [6.45, 7) is 10.7. The van der Waals surface area contributed by atoms with E-state index >= 15 is 0 Å². The molecule has 1 heterocycles. The van der Waals surface area contributed by atoms with Gasteiger partial charge in [0.2, 0.25) is 0 Å². The summed E-state index contributed by atoms with van der Waals surface area (Å²) in [4.78, 5) is 0. The first-order valence-electron chi connectivity index (χ1n) is 6.72. The van der Waals surface area contributed by atoms with Crippen LogP contribution in [-0.2, 0) is 14.6 Å². The van der Waals surface area contributed by atoms with Gasteiger partial charge in [0.25, 0.3) is 0 Å². The van der Waals surface area contributed by atoms with Crippen LogP contribution in [0.4, 0.5) is 0 Å². The summed E-state index contributed by atoms with van der Waals surface area (Å²) >= 11 is 0. The summed E-state index contributed by atoms with van der Waals surface area (Å²) in [7, 11) is -2.89. The van der Waals surface area contributed by atoms with Crippen molar-refractivity contribution < 1.29 is 13.2 Å². The van der Waals surface area contributed by atoms with Crippen molar-refractivity contribution in [2.24, 2.45) is 0 Å². The van der Waals surface area contributed by atoms with Gasteiger partial charge in [-0.15, -0.1) is 0 Å². The van der Waals surface area contributed by atoms with Crippen LogP contribution in [0.15, 0.2) is 0 Å². The van der Waals surface area contributed by atoms with Gasteiger partial charge in [-0.2, -0.15) is 0 Å². The molecule has 108 valence electrons. The minimum Gasteiger partial charge on any atom is -0.368 e. The first-order valence-corrected chi connectivity index (χ1v) is 8.54. The topological polar surface area (TPSA) is 55.4 Å². The monoisotopic (exact) mass is 277 g/mol. The van der Waals surface area contributed by atoms with Gasteiger partial charge in [0.05, 0.1) is 17.0 Å². The third-order valence-corrected chi connectivity index (χ3v) is 5.25. The number of nitrogens with one attached hydrogen (secondary N) is 1. The summed E-state index contributed by atoms with van der Waals surface area (Å²) < 4.78 is 29.2. The lowest BCUT2D eigenvalue weighted by atomic mass is 9.94. The zero-order chi connectivity index (χ0) is 14.0. The minimum atomic E-state index is -2.89. The molecule has 18 heavy (non-hydrogen) atoms. The number of rotatable bonds is 6. The molecule has 0 aromatic carbocycles. The third kappa shape index (κ3) is 4.52. The Labute approximate surface area is 111 Å². The van der Waals surface area contributed by atoms with E-state index in [-0.39, 0.29) is 28.7 Å². The standard InChI is InChI=1S/C13H27NO3S/c1-6-8-18(15,16)9-7-14-11-10-12(2,3)17-13(11,4)5/h11,14H,6-10H2,1-5H3/t11-/m1/s1. The molecule has 0 aromatic rings. The normalized spacial score (nSPS) is 26.4. The van der Waals surface area contributed by atoms with Crippen molar-refractivity contribution in [3.05, 3.63) is 0 Å². The maximum absolute atomic E-state index is 11.6. The van der Waals surface area contributed by atoms with E-state index in [4.69, 9.17) is 4.74 Å². The van der Waals surface area contributed by atoms with Crippen LogP contribution >= 0.6 is 0 Å². The molecule has 4 nitrogen and oxygen atoms in total. The fourth-order valence-corrected chi connectivity index (χ4v) is 3.94. The lowest BCUT2D eigenvalue weighted by Crippen LogP contribution is -2.45. The Kier molecular flexibility index (Phi) is 4.84. The molecule has 0 aliphatic carbocycles. The molecule has 1 atom stereocenters. The van der Waals surface area contributed by atoms with Crippen LogP contribution in [-0.4, -0.2) is 43.7 Å². The number of hydrogen-bond donors (Lipinski definition) is 1. The van der Waals surface area contributed by atoms with Crippen molar-refractivity contribution in [2.75, 3.05) is 18.1 Å². The fraction of sp³-hybridized carbons (Fsp3) is 1.00. The van der Waals surface area contributed by atoms with Gasteiger partial charge in [0.15, 0.2) is 9.84 Å². The van der Waals surface area contributed by atoms with Gasteiger partial charge in [-0.1, -0.05) is 6.92 Å². The van der Waals surface area contributed by atoms with Crippen molar-refractivity contribution in [2.45, 2.75) is 64.7 Å². The molecule has 1 N–H and O–H groups in total. The van der Waals surface area contributed by atoms with Gasteiger partial charge < -0.3 is 10.1 Å². The van der Waals surface area contributed by atoms with E-state index in [1.165, 1.54) is 0 Å². The van der Waals surface area contributed by atoms with E-state index in [1.807, 2.05) is 6.92 Å². The molecule has 0 aromatic heterocycles. The second kappa shape index (κ2) is 5.47. The Morgan fingerprint density at radius 2 is 1.83 bits per heavy atom. The molecule has 1 rings (SSSR count). The summed E-state index contributed by atoms with van der Waals surface area (Å²) in [5.41, 5.74) is -0.374. The minimum absolute atomic E-state index is 0.135. The van der Waals surface area contributed by atoms with Crippen molar-refractivity contribution in [1.29, 1.82) is 0 Å². The lowest BCUT2D eigenvalue weighted by molar-refractivity contribution is -0.0696. The van der Waals surface area contributed by atoms with Gasteiger partial charge in [-0.05, 0) is 40.5 Å². The van der Waals surface area contributed by atoms with Gasteiger partial charge in [0.1, 0.15) is 0 Å². The fourth-order valence-electron chi connectivity index (χ4n) is 2.68. The van der Waals surface area contributed by atoms with Crippen LogP contribution in [0.3, 0.4) is 0 Å². The van der Waals surface area contributed by atoms with Crippen molar-refractivity contribution in [3.63, 3.8) is 0 Å². The van der Waals surface area contributed by atoms with Crippen LogP contribution < -0.4 is 5.32 Å². The van der Waals surface area contributed by atoms with Gasteiger partial charge in [-0.25, -0.2) is 8.42 Å². The SMILES string of the molecule is CCCS(=O)(=O)CCN[C@@H]1CC(C)(C)OC1(C)C. The Morgan fingerprint density at radius 1 is 1.22 bits per heavy atom. The predicted molar refractivity (Wildman–Crippen MR) is 74.6 cm³/mol. The second-order valence-corrected chi connectivity index (χ2v) is 8.63. The number of sulfone groups is 1. The maximum atomic E-state index is 11.6. The molecule has 0 amide bonds. The Balaban J connectivity index is 2.45. The highest BCUT2D eigenvalue weighted by Crippen LogP contribution is 2.37. The van der Waals surface area contributed by atoms with E-state index < -0.39 is 9.84 Å². The molecule has 1 saturated heterocycles. The highest BCUT2D eigenvalue weighted by atomic mass is 32.2. The Hall–Kier alpha value is -0.130. The van der Waals surface area contributed by atoms with Crippen LogP contribution in [0.25, 0.3) is 0 Å². The summed E-state index contributed by atoms with van der Waals surface area (Å²) in [6, 6.07) is 0.212. The largest absolute Gasteiger partial charge is 0.368 e. The smallest absolute Gasteiger partial charge is 0.151 e. The molecule has 1 fully saturated rings. The molecule has 5 heteroatoms. The average Bonchev–Trinajstić information content (AvgIpc) is 2.33. The maximum Gasteiger partial charge on any atom is 0.151 e. The molecule has 1 aliphatic heterocycles. The number of ether oxygens (including phenoxy) is 1. The van der Waals surface area contributed by atoms with Crippen molar-refractivity contribution in [3.8, 4) is 0 Å². The van der Waals surface area contributed by atoms with E-state index in [2.05, 4.69) is 33.0 Å². The first-order chi connectivity index (χ1) is 8.08. The van der Waals surface area contributed by atoms with Gasteiger partial charge in [-0.3, -0.25) is 0 Å². The van der Waals surface area contributed by atoms with Crippen LogP contribution in [0.2, 0.25) is 0 Å². The van der Waals surface area contributed by atoms with Crippen molar-refractivity contribution in [1.82, 2.24) is 5.32 Å². The summed E-state index contributed by atoms with van der Waals surface area (Å²) in [5.74, 6) is 0.499. The molecule has 0 saturated carbocycles. The average molecular weight is 277 g/mol. The summed E-state index contributed by atoms with van der Waals surface area (Å²) in [5, 5.41) is 3.34. The van der Waals surface area contributed by atoms with Gasteiger partial charge >= 0.3 is 0 Å². The molecular weight excluding hydrogens is 250 g/mol. The molecule has 0 spiro atoms. The van der Waals surface area contributed by atoms with Crippen molar-refractivity contribution >= 4 is 9.84 Å². The third-order valence-electron chi connectivity index (χ3n) is 3.39. The van der Waals surface area contributed by atoms with E-state index in [9.17, 15) is 8.42 Å². The molecule has 1 aliphatic rings. The van der Waals surface area contributed by atoms with E-state index in [1.54, 1.807) is 0 Å². The summed E-state index contributed by atoms with van der Waals surface area (Å²) in [6.07, 6.45) is 1.60. The Morgan fingerprint density at radius 3 is 2.28 bits per heavy atom. The zero-order valence-electron chi connectivity index (χ0n) is 12.2. The molecule has 0 unspecified atom stereocenters. The first kappa shape index (κ1) is 15.9. The van der Waals surface area contributed by atoms with E-state index in [0.717, 1.165) is 6.42 Å². The van der Waals surface area contributed by atoms with E-state index in [0.29, 0.717) is 13.0 Å². The highest BCUT2D eigenvalue weighted by Gasteiger charge is 2.45.